The molecule has 2 rings (SSSR count). The first-order chi connectivity index (χ1) is 6.65. The van der Waals surface area contributed by atoms with Gasteiger partial charge in [0, 0.05) is 29.1 Å². The summed E-state index contributed by atoms with van der Waals surface area (Å²) < 4.78 is 26.9. The van der Waals surface area contributed by atoms with Crippen molar-refractivity contribution in [2.24, 2.45) is 0 Å². The molecule has 1 aromatic heterocycles. The van der Waals surface area contributed by atoms with Crippen molar-refractivity contribution in [2.75, 3.05) is 0 Å². The smallest absolute Gasteiger partial charge is 0.275 e. The van der Waals surface area contributed by atoms with Crippen LogP contribution in [-0.4, -0.2) is 4.98 Å². The lowest BCUT2D eigenvalue weighted by molar-refractivity contribution is -0.00671. The maximum atomic E-state index is 13.4. The normalized spacial score (nSPS) is 12.2. The number of hydrogen-bond donors (Lipinski definition) is 1. The van der Waals surface area contributed by atoms with Crippen LogP contribution >= 0.6 is 0 Å². The second kappa shape index (κ2) is 3.08. The van der Waals surface area contributed by atoms with Crippen molar-refractivity contribution in [3.05, 3.63) is 36.0 Å². The van der Waals surface area contributed by atoms with Crippen LogP contribution in [0.15, 0.2) is 30.5 Å². The number of H-pyrrole nitrogens is 1. The molecule has 1 heterocycles. The molecule has 1 N–H and O–H groups in total. The van der Waals surface area contributed by atoms with Crippen LogP contribution in [0.5, 0.6) is 0 Å². The molecule has 3 heteroatoms. The van der Waals surface area contributed by atoms with Crippen molar-refractivity contribution >= 4 is 10.9 Å². The molecule has 0 amide bonds. The number of nitrogens with one attached hydrogen (secondary N) is 1. The van der Waals surface area contributed by atoms with Crippen molar-refractivity contribution < 1.29 is 8.78 Å². The molecule has 74 valence electrons. The zero-order valence-electron chi connectivity index (χ0n) is 7.85. The number of fused-ring (bicyclic) bond motifs is 1. The summed E-state index contributed by atoms with van der Waals surface area (Å²) in [7, 11) is 0. The first-order valence-corrected chi connectivity index (χ1v) is 4.59. The summed E-state index contributed by atoms with van der Waals surface area (Å²) in [6.07, 6.45) is 1.23. The number of halogens is 2. The zero-order chi connectivity index (χ0) is 10.2. The molecular weight excluding hydrogens is 184 g/mol. The molecular formula is C11H11F2N. The summed E-state index contributed by atoms with van der Waals surface area (Å²) in [5.74, 6) is -2.74. The van der Waals surface area contributed by atoms with Gasteiger partial charge in [0.05, 0.1) is 0 Å². The highest BCUT2D eigenvalue weighted by Crippen LogP contribution is 2.35. The third-order valence-corrected chi connectivity index (χ3v) is 2.43. The monoisotopic (exact) mass is 195 g/mol. The maximum absolute atomic E-state index is 13.4. The lowest BCUT2D eigenvalue weighted by Gasteiger charge is -2.12. The Morgan fingerprint density at radius 2 is 2.00 bits per heavy atom. The van der Waals surface area contributed by atoms with E-state index in [1.54, 1.807) is 18.2 Å². The lowest BCUT2D eigenvalue weighted by atomic mass is 10.1. The van der Waals surface area contributed by atoms with Gasteiger partial charge in [-0.3, -0.25) is 0 Å². The number of alkyl halides is 2. The summed E-state index contributed by atoms with van der Waals surface area (Å²) in [6, 6.07) is 7.10. The van der Waals surface area contributed by atoms with Crippen LogP contribution in [0.3, 0.4) is 0 Å². The van der Waals surface area contributed by atoms with E-state index in [-0.39, 0.29) is 12.0 Å². The number of benzene rings is 1. The Morgan fingerprint density at radius 1 is 1.29 bits per heavy atom. The largest absolute Gasteiger partial charge is 0.361 e. The van der Waals surface area contributed by atoms with E-state index in [9.17, 15) is 8.78 Å². The molecule has 0 radical (unpaired) electrons. The van der Waals surface area contributed by atoms with Gasteiger partial charge in [-0.2, -0.15) is 0 Å². The SMILES string of the molecule is CCC(F)(F)c1c[nH]c2ccccc12. The second-order valence-corrected chi connectivity index (χ2v) is 3.31. The number of aromatic nitrogens is 1. The van der Waals surface area contributed by atoms with Crippen molar-refractivity contribution in [2.45, 2.75) is 19.3 Å². The van der Waals surface area contributed by atoms with E-state index in [0.717, 1.165) is 5.52 Å². The van der Waals surface area contributed by atoms with E-state index in [0.29, 0.717) is 5.39 Å². The fraction of sp³-hybridized carbons (Fsp3) is 0.273. The third kappa shape index (κ3) is 1.29. The van der Waals surface area contributed by atoms with E-state index >= 15 is 0 Å². The Hall–Kier alpha value is -1.38. The van der Waals surface area contributed by atoms with E-state index in [1.807, 2.05) is 6.07 Å². The topological polar surface area (TPSA) is 15.8 Å². The van der Waals surface area contributed by atoms with Gasteiger partial charge in [0.25, 0.3) is 5.92 Å². The standard InChI is InChI=1S/C11H11F2N/c1-2-11(12,13)9-7-14-10-6-4-3-5-8(9)10/h3-7,14H,2H2,1H3. The van der Waals surface area contributed by atoms with Gasteiger partial charge >= 0.3 is 0 Å². The van der Waals surface area contributed by atoms with Gasteiger partial charge in [0.1, 0.15) is 0 Å². The Bertz CT molecular complexity index is 445. The van der Waals surface area contributed by atoms with Gasteiger partial charge in [0.15, 0.2) is 0 Å². The Balaban J connectivity index is 2.64. The molecule has 0 saturated heterocycles. The maximum Gasteiger partial charge on any atom is 0.275 e. The molecule has 0 unspecified atom stereocenters. The molecule has 14 heavy (non-hydrogen) atoms. The zero-order valence-corrected chi connectivity index (χ0v) is 7.85. The molecule has 0 atom stereocenters. The Kier molecular flexibility index (Phi) is 2.02. The minimum absolute atomic E-state index is 0.0931. The first kappa shape index (κ1) is 9.19. The van der Waals surface area contributed by atoms with Crippen LogP contribution in [-0.2, 0) is 5.92 Å². The highest BCUT2D eigenvalue weighted by Gasteiger charge is 2.31. The van der Waals surface area contributed by atoms with E-state index < -0.39 is 5.92 Å². The van der Waals surface area contributed by atoms with Crippen molar-refractivity contribution in [1.82, 2.24) is 4.98 Å². The van der Waals surface area contributed by atoms with E-state index in [2.05, 4.69) is 4.98 Å². The molecule has 0 spiro atoms. The molecule has 0 aliphatic heterocycles. The molecule has 1 aromatic carbocycles. The highest BCUT2D eigenvalue weighted by molar-refractivity contribution is 5.83. The lowest BCUT2D eigenvalue weighted by Crippen LogP contribution is -2.10. The number of para-hydroxylation sites is 1. The quantitative estimate of drug-likeness (QED) is 0.752. The van der Waals surface area contributed by atoms with Crippen LogP contribution in [0, 0.1) is 0 Å². The van der Waals surface area contributed by atoms with Crippen molar-refractivity contribution in [3.63, 3.8) is 0 Å². The van der Waals surface area contributed by atoms with Gasteiger partial charge in [-0.1, -0.05) is 25.1 Å². The highest BCUT2D eigenvalue weighted by atomic mass is 19.3. The summed E-state index contributed by atoms with van der Waals surface area (Å²) in [4.78, 5) is 2.85. The molecule has 0 bridgehead atoms. The summed E-state index contributed by atoms with van der Waals surface area (Å²) in [5, 5.41) is 0.611. The van der Waals surface area contributed by atoms with Gasteiger partial charge < -0.3 is 4.98 Å². The Morgan fingerprint density at radius 3 is 2.71 bits per heavy atom. The first-order valence-electron chi connectivity index (χ1n) is 4.59. The Labute approximate surface area is 80.7 Å². The van der Waals surface area contributed by atoms with Gasteiger partial charge in [-0.15, -0.1) is 0 Å². The molecule has 0 saturated carbocycles. The van der Waals surface area contributed by atoms with Crippen LogP contribution < -0.4 is 0 Å². The number of aromatic amines is 1. The van der Waals surface area contributed by atoms with Gasteiger partial charge in [0.2, 0.25) is 0 Å². The molecule has 1 nitrogen and oxygen atoms in total. The number of rotatable bonds is 2. The summed E-state index contributed by atoms with van der Waals surface area (Å²) in [5.41, 5.74) is 0.853. The van der Waals surface area contributed by atoms with Crippen molar-refractivity contribution in [1.29, 1.82) is 0 Å². The minimum atomic E-state index is -2.74. The van der Waals surface area contributed by atoms with Gasteiger partial charge in [-0.25, -0.2) is 8.78 Å². The fourth-order valence-corrected chi connectivity index (χ4v) is 1.56. The van der Waals surface area contributed by atoms with E-state index in [1.165, 1.54) is 13.1 Å². The predicted molar refractivity (Wildman–Crippen MR) is 52.5 cm³/mol. The van der Waals surface area contributed by atoms with Crippen LogP contribution in [0.2, 0.25) is 0 Å². The average molecular weight is 195 g/mol. The third-order valence-electron chi connectivity index (χ3n) is 2.43. The van der Waals surface area contributed by atoms with Crippen LogP contribution in [0.1, 0.15) is 18.9 Å². The van der Waals surface area contributed by atoms with Crippen molar-refractivity contribution in [3.8, 4) is 0 Å². The van der Waals surface area contributed by atoms with Gasteiger partial charge in [-0.05, 0) is 6.07 Å². The molecule has 0 aliphatic carbocycles. The average Bonchev–Trinajstić information content (AvgIpc) is 2.61. The summed E-state index contributed by atoms with van der Waals surface area (Å²) in [6.45, 7) is 1.49. The fourth-order valence-electron chi connectivity index (χ4n) is 1.56. The molecule has 2 aromatic rings. The van der Waals surface area contributed by atoms with Crippen LogP contribution in [0.25, 0.3) is 10.9 Å². The predicted octanol–water partition coefficient (Wildman–Crippen LogP) is 3.67. The molecule has 0 fully saturated rings. The second-order valence-electron chi connectivity index (χ2n) is 3.31. The summed E-state index contributed by atoms with van der Waals surface area (Å²) >= 11 is 0. The van der Waals surface area contributed by atoms with E-state index in [4.69, 9.17) is 0 Å². The molecule has 0 aliphatic rings. The minimum Gasteiger partial charge on any atom is -0.361 e. The number of hydrogen-bond acceptors (Lipinski definition) is 0. The van der Waals surface area contributed by atoms with Crippen LogP contribution in [0.4, 0.5) is 8.78 Å².